The van der Waals surface area contributed by atoms with Crippen LogP contribution < -0.4 is 16.0 Å². The Balaban J connectivity index is 2.20. The van der Waals surface area contributed by atoms with Gasteiger partial charge in [-0.1, -0.05) is 13.3 Å². The van der Waals surface area contributed by atoms with Crippen LogP contribution in [0.1, 0.15) is 48.5 Å². The third kappa shape index (κ3) is 9.40. The van der Waals surface area contributed by atoms with Gasteiger partial charge in [0.05, 0.1) is 11.2 Å². The van der Waals surface area contributed by atoms with Crippen molar-refractivity contribution in [1.82, 2.24) is 20.9 Å². The van der Waals surface area contributed by atoms with E-state index in [1.807, 2.05) is 13.8 Å². The van der Waals surface area contributed by atoms with E-state index in [0.717, 1.165) is 50.7 Å². The van der Waals surface area contributed by atoms with Crippen molar-refractivity contribution in [2.24, 2.45) is 4.99 Å². The molecular weight excluding hydrogens is 338 g/mol. The van der Waals surface area contributed by atoms with Gasteiger partial charge in [0.1, 0.15) is 4.88 Å². The molecule has 0 aromatic carbocycles. The Bertz CT molecular complexity index is 519. The largest absolute Gasteiger partial charge is 0.381 e. The molecule has 142 valence electrons. The molecule has 7 nitrogen and oxygen atoms in total. The van der Waals surface area contributed by atoms with Crippen LogP contribution in [0.25, 0.3) is 0 Å². The molecule has 0 fully saturated rings. The van der Waals surface area contributed by atoms with Crippen molar-refractivity contribution in [3.63, 3.8) is 0 Å². The Morgan fingerprint density at radius 2 is 1.96 bits per heavy atom. The van der Waals surface area contributed by atoms with E-state index >= 15 is 0 Å². The Labute approximate surface area is 154 Å². The number of hydrogen-bond donors (Lipinski definition) is 3. The van der Waals surface area contributed by atoms with Gasteiger partial charge >= 0.3 is 0 Å². The molecule has 0 aliphatic rings. The number of aryl methyl sites for hydroxylation is 1. The highest BCUT2D eigenvalue weighted by molar-refractivity contribution is 7.11. The summed E-state index contributed by atoms with van der Waals surface area (Å²) in [6.07, 6.45) is 3.17. The number of guanidine groups is 1. The maximum Gasteiger partial charge on any atom is 0.263 e. The summed E-state index contributed by atoms with van der Waals surface area (Å²) >= 11 is 1.36. The fourth-order valence-electron chi connectivity index (χ4n) is 2.00. The SMILES string of the molecule is CCCCOCCCN=C(NCC)NCCNC(=O)c1scnc1C. The second kappa shape index (κ2) is 13.6. The number of thiazole rings is 1. The normalized spacial score (nSPS) is 11.4. The molecule has 0 saturated heterocycles. The van der Waals surface area contributed by atoms with Gasteiger partial charge in [0.25, 0.3) is 5.91 Å². The highest BCUT2D eigenvalue weighted by Crippen LogP contribution is 2.10. The van der Waals surface area contributed by atoms with Crippen molar-refractivity contribution in [3.8, 4) is 0 Å². The maximum atomic E-state index is 12.0. The number of rotatable bonds is 12. The van der Waals surface area contributed by atoms with Crippen LogP contribution in [0.4, 0.5) is 0 Å². The first kappa shape index (κ1) is 21.4. The van der Waals surface area contributed by atoms with Gasteiger partial charge < -0.3 is 20.7 Å². The Hall–Kier alpha value is -1.67. The number of aromatic nitrogens is 1. The predicted molar refractivity (Wildman–Crippen MR) is 104 cm³/mol. The average molecular weight is 370 g/mol. The van der Waals surface area contributed by atoms with Gasteiger partial charge in [-0.15, -0.1) is 11.3 Å². The first-order valence-corrected chi connectivity index (χ1v) is 9.85. The summed E-state index contributed by atoms with van der Waals surface area (Å²) in [6.45, 7) is 10.3. The molecule has 0 atom stereocenters. The van der Waals surface area contributed by atoms with Gasteiger partial charge in [-0.25, -0.2) is 4.98 Å². The van der Waals surface area contributed by atoms with Crippen LogP contribution in [-0.2, 0) is 4.74 Å². The second-order valence-electron chi connectivity index (χ2n) is 5.53. The van der Waals surface area contributed by atoms with Crippen LogP contribution in [0.15, 0.2) is 10.5 Å². The standard InChI is InChI=1S/C17H31N5O2S/c1-4-6-11-24-12-7-8-20-17(18-5-2)21-10-9-19-16(23)15-14(3)22-13-25-15/h13H,4-12H2,1-3H3,(H,19,23)(H2,18,20,21). The number of unbranched alkanes of at least 4 members (excludes halogenated alkanes) is 1. The fraction of sp³-hybridized carbons (Fsp3) is 0.706. The fourth-order valence-corrected chi connectivity index (χ4v) is 2.72. The number of carbonyl (C=O) groups is 1. The molecule has 1 heterocycles. The second-order valence-corrected chi connectivity index (χ2v) is 6.38. The van der Waals surface area contributed by atoms with Crippen LogP contribution in [-0.4, -0.2) is 56.2 Å². The number of amides is 1. The van der Waals surface area contributed by atoms with Gasteiger partial charge in [-0.05, 0) is 26.7 Å². The number of nitrogens with one attached hydrogen (secondary N) is 3. The zero-order valence-electron chi connectivity index (χ0n) is 15.6. The lowest BCUT2D eigenvalue weighted by Gasteiger charge is -2.11. The molecule has 1 aromatic rings. The zero-order chi connectivity index (χ0) is 18.3. The van der Waals surface area contributed by atoms with Crippen LogP contribution in [0.3, 0.4) is 0 Å². The number of hydrogen-bond acceptors (Lipinski definition) is 5. The molecule has 0 bridgehead atoms. The van der Waals surface area contributed by atoms with E-state index in [0.29, 0.717) is 24.5 Å². The summed E-state index contributed by atoms with van der Waals surface area (Å²) in [6, 6.07) is 0. The highest BCUT2D eigenvalue weighted by Gasteiger charge is 2.10. The summed E-state index contributed by atoms with van der Waals surface area (Å²) in [5.41, 5.74) is 2.45. The summed E-state index contributed by atoms with van der Waals surface area (Å²) in [5.74, 6) is 0.687. The Morgan fingerprint density at radius 1 is 1.20 bits per heavy atom. The lowest BCUT2D eigenvalue weighted by molar-refractivity contribution is 0.0957. The van der Waals surface area contributed by atoms with Gasteiger partial charge in [-0.2, -0.15) is 0 Å². The molecule has 0 saturated carbocycles. The minimum atomic E-state index is -0.0760. The van der Waals surface area contributed by atoms with E-state index in [1.54, 1.807) is 5.51 Å². The lowest BCUT2D eigenvalue weighted by Crippen LogP contribution is -2.41. The molecule has 0 unspecified atom stereocenters. The van der Waals surface area contributed by atoms with Crippen molar-refractivity contribution in [2.75, 3.05) is 39.4 Å². The van der Waals surface area contributed by atoms with Crippen molar-refractivity contribution in [1.29, 1.82) is 0 Å². The van der Waals surface area contributed by atoms with Crippen molar-refractivity contribution >= 4 is 23.2 Å². The minimum absolute atomic E-state index is 0.0760. The smallest absolute Gasteiger partial charge is 0.263 e. The molecule has 0 aliphatic heterocycles. The number of carbonyl (C=O) groups excluding carboxylic acids is 1. The summed E-state index contributed by atoms with van der Waals surface area (Å²) in [4.78, 5) is 21.2. The van der Waals surface area contributed by atoms with E-state index in [2.05, 4.69) is 32.9 Å². The third-order valence-corrected chi connectivity index (χ3v) is 4.29. The molecule has 3 N–H and O–H groups in total. The molecular formula is C17H31N5O2S. The van der Waals surface area contributed by atoms with Crippen LogP contribution in [0.5, 0.6) is 0 Å². The first-order valence-electron chi connectivity index (χ1n) is 8.97. The topological polar surface area (TPSA) is 87.6 Å². The summed E-state index contributed by atoms with van der Waals surface area (Å²) in [5, 5.41) is 9.30. The van der Waals surface area contributed by atoms with E-state index in [9.17, 15) is 4.79 Å². The summed E-state index contributed by atoms with van der Waals surface area (Å²) in [7, 11) is 0. The Morgan fingerprint density at radius 3 is 2.64 bits per heavy atom. The Kier molecular flexibility index (Phi) is 11.6. The minimum Gasteiger partial charge on any atom is -0.381 e. The van der Waals surface area contributed by atoms with E-state index in [4.69, 9.17) is 4.74 Å². The first-order chi connectivity index (χ1) is 12.2. The number of aliphatic imine (C=N–C) groups is 1. The summed E-state index contributed by atoms with van der Waals surface area (Å²) < 4.78 is 5.52. The molecule has 8 heteroatoms. The number of ether oxygens (including phenoxy) is 1. The van der Waals surface area contributed by atoms with Crippen LogP contribution >= 0.6 is 11.3 Å². The van der Waals surface area contributed by atoms with Crippen LogP contribution in [0.2, 0.25) is 0 Å². The van der Waals surface area contributed by atoms with Gasteiger partial charge in [0.15, 0.2) is 5.96 Å². The predicted octanol–water partition coefficient (Wildman–Crippen LogP) is 1.94. The van der Waals surface area contributed by atoms with Crippen LogP contribution in [0, 0.1) is 6.92 Å². The van der Waals surface area contributed by atoms with E-state index in [1.165, 1.54) is 11.3 Å². The van der Waals surface area contributed by atoms with E-state index < -0.39 is 0 Å². The molecule has 0 radical (unpaired) electrons. The zero-order valence-corrected chi connectivity index (χ0v) is 16.4. The molecule has 1 amide bonds. The number of nitrogens with zero attached hydrogens (tertiary/aromatic N) is 2. The van der Waals surface area contributed by atoms with E-state index in [-0.39, 0.29) is 5.91 Å². The molecule has 1 rings (SSSR count). The van der Waals surface area contributed by atoms with Crippen molar-refractivity contribution in [3.05, 3.63) is 16.1 Å². The third-order valence-electron chi connectivity index (χ3n) is 3.36. The van der Waals surface area contributed by atoms with Gasteiger partial charge in [0.2, 0.25) is 0 Å². The maximum absolute atomic E-state index is 12.0. The monoisotopic (exact) mass is 369 g/mol. The quantitative estimate of drug-likeness (QED) is 0.298. The highest BCUT2D eigenvalue weighted by atomic mass is 32.1. The molecule has 25 heavy (non-hydrogen) atoms. The van der Waals surface area contributed by atoms with Crippen molar-refractivity contribution < 1.29 is 9.53 Å². The van der Waals surface area contributed by atoms with Gasteiger partial charge in [0, 0.05) is 39.4 Å². The molecule has 1 aromatic heterocycles. The average Bonchev–Trinajstić information content (AvgIpc) is 3.03. The van der Waals surface area contributed by atoms with Crippen molar-refractivity contribution in [2.45, 2.75) is 40.0 Å². The molecule has 0 aliphatic carbocycles. The van der Waals surface area contributed by atoms with Gasteiger partial charge in [-0.3, -0.25) is 9.79 Å². The lowest BCUT2D eigenvalue weighted by atomic mass is 10.4. The molecule has 0 spiro atoms.